The lowest BCUT2D eigenvalue weighted by atomic mass is 10.2. The van der Waals surface area contributed by atoms with Gasteiger partial charge in [0.1, 0.15) is 11.9 Å². The topological polar surface area (TPSA) is 111 Å². The van der Waals surface area contributed by atoms with Gasteiger partial charge in [-0.15, -0.1) is 0 Å². The Kier molecular flexibility index (Phi) is 6.36. The zero-order valence-corrected chi connectivity index (χ0v) is 18.1. The van der Waals surface area contributed by atoms with Crippen LogP contribution in [0.1, 0.15) is 37.3 Å². The summed E-state index contributed by atoms with van der Waals surface area (Å²) in [6.45, 7) is 1.63. The number of carbonyl (C=O) groups excluding carboxylic acids is 1. The fourth-order valence-corrected chi connectivity index (χ4v) is 5.85. The predicted octanol–water partition coefficient (Wildman–Crippen LogP) is 1.81. The molecule has 31 heavy (non-hydrogen) atoms. The molecule has 2 aromatic rings. The minimum atomic E-state index is -3.74. The van der Waals surface area contributed by atoms with Gasteiger partial charge in [0.25, 0.3) is 0 Å². The van der Waals surface area contributed by atoms with Crippen molar-refractivity contribution < 1.29 is 13.2 Å². The van der Waals surface area contributed by atoms with Crippen molar-refractivity contribution in [3.63, 3.8) is 0 Å². The fourth-order valence-electron chi connectivity index (χ4n) is 4.29. The highest BCUT2D eigenvalue weighted by molar-refractivity contribution is 7.89. The Morgan fingerprint density at radius 3 is 2.55 bits per heavy atom. The molecule has 0 spiro atoms. The van der Waals surface area contributed by atoms with Gasteiger partial charge in [0, 0.05) is 32.2 Å². The summed E-state index contributed by atoms with van der Waals surface area (Å²) in [6, 6.07) is 10.3. The van der Waals surface area contributed by atoms with Gasteiger partial charge in [-0.25, -0.2) is 13.1 Å². The van der Waals surface area contributed by atoms with E-state index in [9.17, 15) is 18.5 Å². The molecule has 2 aliphatic rings. The van der Waals surface area contributed by atoms with Gasteiger partial charge in [-0.2, -0.15) is 14.7 Å². The van der Waals surface area contributed by atoms with Crippen LogP contribution >= 0.6 is 0 Å². The van der Waals surface area contributed by atoms with Gasteiger partial charge in [-0.3, -0.25) is 9.69 Å². The van der Waals surface area contributed by atoms with Gasteiger partial charge in [-0.1, -0.05) is 25.0 Å². The monoisotopic (exact) mass is 442 g/mol. The number of nitrogens with one attached hydrogen (secondary N) is 1. The number of piperazine rings is 1. The highest BCUT2D eigenvalue weighted by Gasteiger charge is 2.31. The van der Waals surface area contributed by atoms with Crippen molar-refractivity contribution in [3.05, 3.63) is 42.1 Å². The van der Waals surface area contributed by atoms with Crippen LogP contribution in [0.3, 0.4) is 0 Å². The standard InChI is InChI=1S/C21H26N6O3S/c22-15-17-5-1-4-8-19(17)31(29,30)26-13-11-25(12-14-26)16-21(28)24-20-9-10-23-27(20)18-6-2-3-7-18/h1,4-5,8-10,18H,2-3,6-7,11-14,16H2,(H,24,28). The molecular formula is C21H26N6O3S. The van der Waals surface area contributed by atoms with Gasteiger partial charge >= 0.3 is 0 Å². The Morgan fingerprint density at radius 1 is 1.13 bits per heavy atom. The Bertz CT molecular complexity index is 1080. The maximum Gasteiger partial charge on any atom is 0.244 e. The summed E-state index contributed by atoms with van der Waals surface area (Å²) in [6.07, 6.45) is 6.23. The average Bonchev–Trinajstić information content (AvgIpc) is 3.46. The molecule has 1 aromatic carbocycles. The Morgan fingerprint density at radius 2 is 1.84 bits per heavy atom. The third-order valence-corrected chi connectivity index (χ3v) is 7.89. The van der Waals surface area contributed by atoms with E-state index in [0.717, 1.165) is 12.8 Å². The lowest BCUT2D eigenvalue weighted by Gasteiger charge is -2.33. The summed E-state index contributed by atoms with van der Waals surface area (Å²) < 4.78 is 29.2. The van der Waals surface area contributed by atoms with Gasteiger partial charge < -0.3 is 5.32 Å². The largest absolute Gasteiger partial charge is 0.310 e. The fraction of sp³-hybridized carbons (Fsp3) is 0.476. The van der Waals surface area contributed by atoms with Crippen LogP contribution in [0.25, 0.3) is 0 Å². The van der Waals surface area contributed by atoms with Crippen molar-refractivity contribution in [2.24, 2.45) is 0 Å². The highest BCUT2D eigenvalue weighted by Crippen LogP contribution is 2.31. The van der Waals surface area contributed by atoms with E-state index in [1.54, 1.807) is 18.3 Å². The summed E-state index contributed by atoms with van der Waals surface area (Å²) in [4.78, 5) is 14.5. The molecule has 1 saturated heterocycles. The van der Waals surface area contributed by atoms with Crippen LogP contribution in [-0.4, -0.2) is 66.0 Å². The third-order valence-electron chi connectivity index (χ3n) is 5.93. The summed E-state index contributed by atoms with van der Waals surface area (Å²) in [5.74, 6) is 0.581. The summed E-state index contributed by atoms with van der Waals surface area (Å²) >= 11 is 0. The average molecular weight is 443 g/mol. The van der Waals surface area contributed by atoms with Crippen molar-refractivity contribution in [3.8, 4) is 6.07 Å². The number of anilines is 1. The van der Waals surface area contributed by atoms with Crippen LogP contribution in [-0.2, 0) is 14.8 Å². The zero-order valence-electron chi connectivity index (χ0n) is 17.3. The van der Waals surface area contributed by atoms with Crippen LogP contribution in [0, 0.1) is 11.3 Å². The molecule has 10 heteroatoms. The maximum atomic E-state index is 12.9. The number of amides is 1. The Balaban J connectivity index is 1.33. The molecule has 1 aliphatic carbocycles. The van der Waals surface area contributed by atoms with E-state index >= 15 is 0 Å². The SMILES string of the molecule is N#Cc1ccccc1S(=O)(=O)N1CCN(CC(=O)Nc2ccnn2C2CCCC2)CC1. The van der Waals surface area contributed by atoms with Crippen molar-refractivity contribution in [2.45, 2.75) is 36.6 Å². The second-order valence-corrected chi connectivity index (χ2v) is 9.84. The molecule has 164 valence electrons. The van der Waals surface area contributed by atoms with Crippen LogP contribution < -0.4 is 5.32 Å². The lowest BCUT2D eigenvalue weighted by Crippen LogP contribution is -2.50. The van der Waals surface area contributed by atoms with E-state index in [1.165, 1.54) is 29.3 Å². The van der Waals surface area contributed by atoms with Gasteiger partial charge in [0.05, 0.1) is 29.2 Å². The quantitative estimate of drug-likeness (QED) is 0.730. The van der Waals surface area contributed by atoms with Gasteiger partial charge in [0.2, 0.25) is 15.9 Å². The number of rotatable bonds is 6. The molecule has 1 aliphatic heterocycles. The van der Waals surface area contributed by atoms with Crippen molar-refractivity contribution >= 4 is 21.7 Å². The zero-order chi connectivity index (χ0) is 21.8. The number of carbonyl (C=O) groups is 1. The first kappa shape index (κ1) is 21.5. The summed E-state index contributed by atoms with van der Waals surface area (Å²) in [5.41, 5.74) is 0.142. The van der Waals surface area contributed by atoms with Gasteiger partial charge in [-0.05, 0) is 25.0 Å². The number of aromatic nitrogens is 2. The smallest absolute Gasteiger partial charge is 0.244 e. The maximum absolute atomic E-state index is 12.9. The first-order valence-electron chi connectivity index (χ1n) is 10.5. The Hall–Kier alpha value is -2.74. The van der Waals surface area contributed by atoms with E-state index in [1.807, 2.05) is 21.7 Å². The molecule has 1 amide bonds. The summed E-state index contributed by atoms with van der Waals surface area (Å²) in [5, 5.41) is 16.5. The number of sulfonamides is 1. The molecular weight excluding hydrogens is 416 g/mol. The number of benzene rings is 1. The normalized spacial score (nSPS) is 18.7. The molecule has 9 nitrogen and oxygen atoms in total. The van der Waals surface area contributed by atoms with E-state index in [4.69, 9.17) is 0 Å². The first-order chi connectivity index (χ1) is 15.0. The molecule has 4 rings (SSSR count). The highest BCUT2D eigenvalue weighted by atomic mass is 32.2. The lowest BCUT2D eigenvalue weighted by molar-refractivity contribution is -0.117. The molecule has 0 unspecified atom stereocenters. The van der Waals surface area contributed by atoms with Crippen molar-refractivity contribution in [2.75, 3.05) is 38.0 Å². The molecule has 1 saturated carbocycles. The summed E-state index contributed by atoms with van der Waals surface area (Å²) in [7, 11) is -3.74. The van der Waals surface area contributed by atoms with E-state index in [0.29, 0.717) is 24.9 Å². The van der Waals surface area contributed by atoms with E-state index in [-0.39, 0.29) is 36.0 Å². The molecule has 2 fully saturated rings. The number of hydrogen-bond donors (Lipinski definition) is 1. The second kappa shape index (κ2) is 9.18. The van der Waals surface area contributed by atoms with Crippen LogP contribution in [0.2, 0.25) is 0 Å². The van der Waals surface area contributed by atoms with Crippen LogP contribution in [0.4, 0.5) is 5.82 Å². The third kappa shape index (κ3) is 4.63. The molecule has 0 bridgehead atoms. The Labute approximate surface area is 182 Å². The van der Waals surface area contributed by atoms with Crippen molar-refractivity contribution in [1.29, 1.82) is 5.26 Å². The predicted molar refractivity (Wildman–Crippen MR) is 115 cm³/mol. The molecule has 0 atom stereocenters. The number of nitriles is 1. The van der Waals surface area contributed by atoms with Crippen molar-refractivity contribution in [1.82, 2.24) is 19.0 Å². The first-order valence-corrected chi connectivity index (χ1v) is 12.0. The number of nitrogens with zero attached hydrogens (tertiary/aromatic N) is 5. The second-order valence-electron chi connectivity index (χ2n) is 7.94. The van der Waals surface area contributed by atoms with E-state index in [2.05, 4.69) is 10.4 Å². The van der Waals surface area contributed by atoms with Crippen LogP contribution in [0.15, 0.2) is 41.4 Å². The molecule has 0 radical (unpaired) electrons. The minimum Gasteiger partial charge on any atom is -0.310 e. The van der Waals surface area contributed by atoms with E-state index < -0.39 is 10.0 Å². The number of hydrogen-bond acceptors (Lipinski definition) is 6. The van der Waals surface area contributed by atoms with Gasteiger partial charge in [0.15, 0.2) is 0 Å². The molecule has 1 N–H and O–H groups in total. The molecule has 1 aromatic heterocycles. The molecule has 2 heterocycles. The van der Waals surface area contributed by atoms with Crippen LogP contribution in [0.5, 0.6) is 0 Å². The minimum absolute atomic E-state index is 0.0314.